The summed E-state index contributed by atoms with van der Waals surface area (Å²) in [4.78, 5) is 10.4. The lowest BCUT2D eigenvalue weighted by Gasteiger charge is -2.02. The zero-order valence-electron chi connectivity index (χ0n) is 7.90. The summed E-state index contributed by atoms with van der Waals surface area (Å²) in [5, 5.41) is 9.47. The van der Waals surface area contributed by atoms with Gasteiger partial charge < -0.3 is 14.4 Å². The normalized spacial score (nSPS) is 10.5. The Morgan fingerprint density at radius 1 is 1.53 bits per heavy atom. The molecule has 0 saturated carbocycles. The molecular formula is C10H8BrNO3. The van der Waals surface area contributed by atoms with Gasteiger partial charge in [-0.05, 0) is 22.0 Å². The Kier molecular flexibility index (Phi) is 2.40. The SMILES string of the molecule is Cn1c(OC(=O)O)cc2cccc(Br)c21. The molecule has 0 aliphatic heterocycles. The molecular weight excluding hydrogens is 262 g/mol. The van der Waals surface area contributed by atoms with Gasteiger partial charge in [-0.3, -0.25) is 0 Å². The second-order valence-corrected chi connectivity index (χ2v) is 3.94. The van der Waals surface area contributed by atoms with E-state index in [9.17, 15) is 4.79 Å². The third kappa shape index (κ3) is 1.70. The molecule has 2 rings (SSSR count). The first-order chi connectivity index (χ1) is 7.09. The van der Waals surface area contributed by atoms with Crippen LogP contribution in [0.4, 0.5) is 4.79 Å². The molecule has 1 N–H and O–H groups in total. The molecule has 4 nitrogen and oxygen atoms in total. The molecule has 78 valence electrons. The van der Waals surface area contributed by atoms with E-state index in [0.29, 0.717) is 5.88 Å². The number of fused-ring (bicyclic) bond motifs is 1. The standard InChI is InChI=1S/C10H8BrNO3/c1-12-8(15-10(13)14)5-6-3-2-4-7(11)9(6)12/h2-5H,1H3,(H,13,14). The molecule has 1 heterocycles. The van der Waals surface area contributed by atoms with Crippen LogP contribution in [0.15, 0.2) is 28.7 Å². The van der Waals surface area contributed by atoms with Gasteiger partial charge in [-0.1, -0.05) is 12.1 Å². The van der Waals surface area contributed by atoms with Gasteiger partial charge in [-0.2, -0.15) is 0 Å². The maximum atomic E-state index is 10.4. The van der Waals surface area contributed by atoms with E-state index >= 15 is 0 Å². The van der Waals surface area contributed by atoms with E-state index in [1.54, 1.807) is 17.7 Å². The van der Waals surface area contributed by atoms with E-state index in [2.05, 4.69) is 20.7 Å². The van der Waals surface area contributed by atoms with E-state index in [4.69, 9.17) is 5.11 Å². The highest BCUT2D eigenvalue weighted by atomic mass is 79.9. The van der Waals surface area contributed by atoms with Crippen molar-refractivity contribution in [3.8, 4) is 5.88 Å². The highest BCUT2D eigenvalue weighted by Crippen LogP contribution is 2.29. The highest BCUT2D eigenvalue weighted by molar-refractivity contribution is 9.10. The molecule has 0 bridgehead atoms. The van der Waals surface area contributed by atoms with Crippen LogP contribution in [-0.4, -0.2) is 15.8 Å². The molecule has 5 heteroatoms. The smallest absolute Gasteiger partial charge is 0.449 e. The first kappa shape index (κ1) is 10.0. The number of rotatable bonds is 1. The minimum Gasteiger partial charge on any atom is -0.449 e. The van der Waals surface area contributed by atoms with E-state index in [1.165, 1.54) is 0 Å². The lowest BCUT2D eigenvalue weighted by Crippen LogP contribution is -2.06. The Labute approximate surface area is 94.2 Å². The van der Waals surface area contributed by atoms with E-state index in [-0.39, 0.29) is 0 Å². The van der Waals surface area contributed by atoms with E-state index in [1.807, 2.05) is 18.2 Å². The van der Waals surface area contributed by atoms with Gasteiger partial charge in [-0.25, -0.2) is 4.79 Å². The maximum Gasteiger partial charge on any atom is 0.512 e. The number of hydrogen-bond donors (Lipinski definition) is 1. The average Bonchev–Trinajstić information content (AvgIpc) is 2.44. The Morgan fingerprint density at radius 3 is 2.87 bits per heavy atom. The summed E-state index contributed by atoms with van der Waals surface area (Å²) in [5.74, 6) is 0.310. The van der Waals surface area contributed by atoms with Crippen LogP contribution in [0.1, 0.15) is 0 Å². The van der Waals surface area contributed by atoms with Gasteiger partial charge in [0.05, 0.1) is 5.52 Å². The number of para-hydroxylation sites is 1. The van der Waals surface area contributed by atoms with Crippen molar-refractivity contribution in [1.29, 1.82) is 0 Å². The molecule has 15 heavy (non-hydrogen) atoms. The zero-order chi connectivity index (χ0) is 11.0. The molecule has 0 fully saturated rings. The van der Waals surface area contributed by atoms with Crippen LogP contribution < -0.4 is 4.74 Å². The molecule has 1 aromatic carbocycles. The predicted octanol–water partition coefficient (Wildman–Crippen LogP) is 3.00. The third-order valence-electron chi connectivity index (χ3n) is 2.15. The second-order valence-electron chi connectivity index (χ2n) is 3.09. The quantitative estimate of drug-likeness (QED) is 0.810. The Balaban J connectivity index is 2.64. The molecule has 0 saturated heterocycles. The minimum absolute atomic E-state index is 0.310. The largest absolute Gasteiger partial charge is 0.512 e. The summed E-state index contributed by atoms with van der Waals surface area (Å²) in [6, 6.07) is 7.37. The Hall–Kier alpha value is -1.49. The van der Waals surface area contributed by atoms with Gasteiger partial charge in [0, 0.05) is 23.0 Å². The van der Waals surface area contributed by atoms with Crippen molar-refractivity contribution < 1.29 is 14.6 Å². The fourth-order valence-electron chi connectivity index (χ4n) is 1.53. The van der Waals surface area contributed by atoms with Crippen molar-refractivity contribution in [1.82, 2.24) is 4.57 Å². The summed E-state index contributed by atoms with van der Waals surface area (Å²) in [6.07, 6.45) is -1.31. The van der Waals surface area contributed by atoms with Gasteiger partial charge in [-0.15, -0.1) is 0 Å². The van der Waals surface area contributed by atoms with Crippen molar-refractivity contribution in [3.63, 3.8) is 0 Å². The third-order valence-corrected chi connectivity index (χ3v) is 2.79. The average molecular weight is 270 g/mol. The van der Waals surface area contributed by atoms with Crippen LogP contribution in [0.2, 0.25) is 0 Å². The fraction of sp³-hybridized carbons (Fsp3) is 0.100. The fourth-order valence-corrected chi connectivity index (χ4v) is 2.18. The molecule has 0 atom stereocenters. The minimum atomic E-state index is -1.31. The van der Waals surface area contributed by atoms with E-state index in [0.717, 1.165) is 15.4 Å². The highest BCUT2D eigenvalue weighted by Gasteiger charge is 2.11. The maximum absolute atomic E-state index is 10.4. The number of carbonyl (C=O) groups is 1. The number of hydrogen-bond acceptors (Lipinski definition) is 2. The molecule has 1 aromatic heterocycles. The van der Waals surface area contributed by atoms with Gasteiger partial charge >= 0.3 is 6.16 Å². The monoisotopic (exact) mass is 269 g/mol. The van der Waals surface area contributed by atoms with Crippen LogP contribution in [0.5, 0.6) is 5.88 Å². The first-order valence-electron chi connectivity index (χ1n) is 4.24. The summed E-state index contributed by atoms with van der Waals surface area (Å²) in [5.41, 5.74) is 0.911. The number of benzene rings is 1. The van der Waals surface area contributed by atoms with Gasteiger partial charge in [0.2, 0.25) is 5.88 Å². The summed E-state index contributed by atoms with van der Waals surface area (Å²) < 4.78 is 7.24. The van der Waals surface area contributed by atoms with Crippen LogP contribution in [0.25, 0.3) is 10.9 Å². The lowest BCUT2D eigenvalue weighted by molar-refractivity contribution is 0.141. The lowest BCUT2D eigenvalue weighted by atomic mass is 10.2. The summed E-state index contributed by atoms with van der Waals surface area (Å²) >= 11 is 3.40. The van der Waals surface area contributed by atoms with E-state index < -0.39 is 6.16 Å². The van der Waals surface area contributed by atoms with Crippen molar-refractivity contribution in [3.05, 3.63) is 28.7 Å². The molecule has 0 radical (unpaired) electrons. The molecule has 0 aliphatic carbocycles. The molecule has 2 aromatic rings. The van der Waals surface area contributed by atoms with Crippen LogP contribution >= 0.6 is 15.9 Å². The van der Waals surface area contributed by atoms with Crippen LogP contribution in [0.3, 0.4) is 0 Å². The number of nitrogens with zero attached hydrogens (tertiary/aromatic N) is 1. The topological polar surface area (TPSA) is 51.5 Å². The molecule has 0 unspecified atom stereocenters. The van der Waals surface area contributed by atoms with Crippen molar-refractivity contribution in [2.75, 3.05) is 0 Å². The summed E-state index contributed by atoms with van der Waals surface area (Å²) in [7, 11) is 1.76. The number of halogens is 1. The molecule has 0 spiro atoms. The number of ether oxygens (including phenoxy) is 1. The second kappa shape index (κ2) is 3.58. The van der Waals surface area contributed by atoms with Gasteiger partial charge in [0.1, 0.15) is 0 Å². The van der Waals surface area contributed by atoms with Gasteiger partial charge in [0.15, 0.2) is 0 Å². The molecule has 0 amide bonds. The summed E-state index contributed by atoms with van der Waals surface area (Å²) in [6.45, 7) is 0. The number of aryl methyl sites for hydroxylation is 1. The van der Waals surface area contributed by atoms with Crippen molar-refractivity contribution in [2.24, 2.45) is 7.05 Å². The van der Waals surface area contributed by atoms with Crippen molar-refractivity contribution >= 4 is 33.0 Å². The van der Waals surface area contributed by atoms with Crippen LogP contribution in [-0.2, 0) is 7.05 Å². The van der Waals surface area contributed by atoms with Gasteiger partial charge in [0.25, 0.3) is 0 Å². The predicted molar refractivity (Wildman–Crippen MR) is 59.3 cm³/mol. The Bertz CT molecular complexity index is 533. The van der Waals surface area contributed by atoms with Crippen molar-refractivity contribution in [2.45, 2.75) is 0 Å². The number of aromatic nitrogens is 1. The first-order valence-corrected chi connectivity index (χ1v) is 5.03. The number of carboxylic acid groups (broad SMARTS) is 1. The van der Waals surface area contributed by atoms with Crippen LogP contribution in [0, 0.1) is 0 Å². The Morgan fingerprint density at radius 2 is 2.27 bits per heavy atom. The molecule has 0 aliphatic rings. The zero-order valence-corrected chi connectivity index (χ0v) is 9.48.